The molecule has 0 amide bonds. The minimum atomic E-state index is -0.363. The quantitative estimate of drug-likeness (QED) is 0.804. The number of benzene rings is 2. The summed E-state index contributed by atoms with van der Waals surface area (Å²) in [6.45, 7) is 0. The van der Waals surface area contributed by atoms with Gasteiger partial charge in [-0.25, -0.2) is 4.39 Å². The smallest absolute Gasteiger partial charge is 0.141 e. The van der Waals surface area contributed by atoms with Crippen LogP contribution in [0.4, 0.5) is 10.1 Å². The molecule has 0 saturated heterocycles. The molecule has 0 aliphatic rings. The number of aromatic hydroxyl groups is 1. The standard InChI is InChI=1S/C13H9ClFNO/c14-10-5-6-13(17)12(7-10)16-8-9-3-1-2-4-11(9)15/h1-8,17H/b16-8+. The molecule has 17 heavy (non-hydrogen) atoms. The number of rotatable bonds is 2. The Kier molecular flexibility index (Phi) is 3.40. The maximum Gasteiger partial charge on any atom is 0.141 e. The molecule has 0 aromatic heterocycles. The third-order valence-corrected chi connectivity index (χ3v) is 2.42. The highest BCUT2D eigenvalue weighted by molar-refractivity contribution is 6.30. The molecular weight excluding hydrogens is 241 g/mol. The van der Waals surface area contributed by atoms with Gasteiger partial charge in [0, 0.05) is 16.8 Å². The van der Waals surface area contributed by atoms with E-state index in [-0.39, 0.29) is 11.6 Å². The molecule has 0 heterocycles. The van der Waals surface area contributed by atoms with Gasteiger partial charge in [-0.15, -0.1) is 0 Å². The van der Waals surface area contributed by atoms with Crippen molar-refractivity contribution in [3.05, 3.63) is 58.9 Å². The zero-order chi connectivity index (χ0) is 12.3. The van der Waals surface area contributed by atoms with Crippen LogP contribution in [0.25, 0.3) is 0 Å². The van der Waals surface area contributed by atoms with Gasteiger partial charge < -0.3 is 5.11 Å². The van der Waals surface area contributed by atoms with E-state index < -0.39 is 0 Å². The van der Waals surface area contributed by atoms with Crippen LogP contribution in [0.2, 0.25) is 5.02 Å². The van der Waals surface area contributed by atoms with E-state index in [1.807, 2.05) is 0 Å². The van der Waals surface area contributed by atoms with Gasteiger partial charge in [0.2, 0.25) is 0 Å². The first kappa shape index (κ1) is 11.6. The third kappa shape index (κ3) is 2.82. The molecule has 0 atom stereocenters. The number of phenols is 1. The molecule has 2 nitrogen and oxygen atoms in total. The highest BCUT2D eigenvalue weighted by atomic mass is 35.5. The monoisotopic (exact) mass is 249 g/mol. The van der Waals surface area contributed by atoms with Gasteiger partial charge in [-0.3, -0.25) is 4.99 Å². The van der Waals surface area contributed by atoms with E-state index in [1.54, 1.807) is 24.3 Å². The Morgan fingerprint density at radius 1 is 1.18 bits per heavy atom. The minimum Gasteiger partial charge on any atom is -0.506 e. The SMILES string of the molecule is Oc1ccc(Cl)cc1/N=C/c1ccccc1F. The molecule has 2 aromatic rings. The van der Waals surface area contributed by atoms with Crippen molar-refractivity contribution in [2.24, 2.45) is 4.99 Å². The van der Waals surface area contributed by atoms with Gasteiger partial charge in [-0.05, 0) is 24.3 Å². The first-order valence-corrected chi connectivity index (χ1v) is 5.32. The molecule has 4 heteroatoms. The maximum atomic E-state index is 13.3. The zero-order valence-corrected chi connectivity index (χ0v) is 9.53. The topological polar surface area (TPSA) is 32.6 Å². The molecule has 2 rings (SSSR count). The average molecular weight is 250 g/mol. The maximum absolute atomic E-state index is 13.3. The lowest BCUT2D eigenvalue weighted by molar-refractivity contribution is 0.477. The summed E-state index contributed by atoms with van der Waals surface area (Å²) >= 11 is 5.77. The van der Waals surface area contributed by atoms with Gasteiger partial charge in [0.15, 0.2) is 0 Å². The van der Waals surface area contributed by atoms with Crippen molar-refractivity contribution in [3.8, 4) is 5.75 Å². The fraction of sp³-hybridized carbons (Fsp3) is 0. The van der Waals surface area contributed by atoms with Crippen LogP contribution in [0.5, 0.6) is 5.75 Å². The zero-order valence-electron chi connectivity index (χ0n) is 8.77. The van der Waals surface area contributed by atoms with Gasteiger partial charge in [-0.1, -0.05) is 29.8 Å². The highest BCUT2D eigenvalue weighted by Gasteiger charge is 2.00. The highest BCUT2D eigenvalue weighted by Crippen LogP contribution is 2.29. The third-order valence-electron chi connectivity index (χ3n) is 2.19. The van der Waals surface area contributed by atoms with Crippen molar-refractivity contribution in [2.75, 3.05) is 0 Å². The van der Waals surface area contributed by atoms with Crippen LogP contribution in [-0.2, 0) is 0 Å². The second-order valence-electron chi connectivity index (χ2n) is 3.41. The van der Waals surface area contributed by atoms with E-state index in [0.29, 0.717) is 16.3 Å². The molecule has 0 radical (unpaired) electrons. The van der Waals surface area contributed by atoms with Crippen molar-refractivity contribution in [1.82, 2.24) is 0 Å². The van der Waals surface area contributed by atoms with Gasteiger partial charge in [0.25, 0.3) is 0 Å². The minimum absolute atomic E-state index is 0.00184. The molecule has 0 saturated carbocycles. The van der Waals surface area contributed by atoms with Crippen LogP contribution in [0.1, 0.15) is 5.56 Å². The lowest BCUT2D eigenvalue weighted by Crippen LogP contribution is -1.86. The molecule has 86 valence electrons. The summed E-state index contributed by atoms with van der Waals surface area (Å²) in [5.41, 5.74) is 0.660. The Balaban J connectivity index is 2.32. The summed E-state index contributed by atoms with van der Waals surface area (Å²) in [6.07, 6.45) is 1.35. The van der Waals surface area contributed by atoms with Crippen LogP contribution in [0, 0.1) is 5.82 Å². The van der Waals surface area contributed by atoms with Crippen molar-refractivity contribution in [2.45, 2.75) is 0 Å². The van der Waals surface area contributed by atoms with Crippen LogP contribution < -0.4 is 0 Å². The lowest BCUT2D eigenvalue weighted by Gasteiger charge is -1.99. The Morgan fingerprint density at radius 2 is 1.94 bits per heavy atom. The molecular formula is C13H9ClFNO. The first-order chi connectivity index (χ1) is 8.16. The molecule has 0 unspecified atom stereocenters. The van der Waals surface area contributed by atoms with Crippen LogP contribution in [-0.4, -0.2) is 11.3 Å². The van der Waals surface area contributed by atoms with Gasteiger partial charge in [-0.2, -0.15) is 0 Å². The van der Waals surface area contributed by atoms with E-state index >= 15 is 0 Å². The number of nitrogens with zero attached hydrogens (tertiary/aromatic N) is 1. The molecule has 2 aromatic carbocycles. The Morgan fingerprint density at radius 3 is 2.71 bits per heavy atom. The average Bonchev–Trinajstić information content (AvgIpc) is 2.32. The number of phenolic OH excluding ortho intramolecular Hbond substituents is 1. The molecule has 0 aliphatic carbocycles. The largest absolute Gasteiger partial charge is 0.506 e. The van der Waals surface area contributed by atoms with E-state index in [4.69, 9.17) is 11.6 Å². The predicted molar refractivity (Wildman–Crippen MR) is 66.8 cm³/mol. The van der Waals surface area contributed by atoms with E-state index in [2.05, 4.69) is 4.99 Å². The molecule has 0 spiro atoms. The molecule has 0 bridgehead atoms. The molecule has 0 aliphatic heterocycles. The van der Waals surface area contributed by atoms with Gasteiger partial charge in [0.1, 0.15) is 17.3 Å². The summed E-state index contributed by atoms with van der Waals surface area (Å²) in [4.78, 5) is 4.00. The lowest BCUT2D eigenvalue weighted by atomic mass is 10.2. The molecule has 0 fully saturated rings. The van der Waals surface area contributed by atoms with Gasteiger partial charge >= 0.3 is 0 Å². The number of hydrogen-bond donors (Lipinski definition) is 1. The van der Waals surface area contributed by atoms with Gasteiger partial charge in [0.05, 0.1) is 0 Å². The normalized spacial score (nSPS) is 10.9. The second kappa shape index (κ2) is 4.97. The van der Waals surface area contributed by atoms with Crippen LogP contribution in [0.3, 0.4) is 0 Å². The summed E-state index contributed by atoms with van der Waals surface area (Å²) in [7, 11) is 0. The first-order valence-electron chi connectivity index (χ1n) is 4.94. The van der Waals surface area contributed by atoms with E-state index in [1.165, 1.54) is 24.4 Å². The van der Waals surface area contributed by atoms with Crippen molar-refractivity contribution < 1.29 is 9.50 Å². The summed E-state index contributed by atoms with van der Waals surface area (Å²) in [5.74, 6) is -0.361. The van der Waals surface area contributed by atoms with Crippen molar-refractivity contribution in [3.63, 3.8) is 0 Å². The van der Waals surface area contributed by atoms with Crippen molar-refractivity contribution >= 4 is 23.5 Å². The number of aliphatic imine (C=N–C) groups is 1. The van der Waals surface area contributed by atoms with E-state index in [9.17, 15) is 9.50 Å². The van der Waals surface area contributed by atoms with Crippen LogP contribution in [0.15, 0.2) is 47.5 Å². The molecule has 1 N–H and O–H groups in total. The summed E-state index contributed by atoms with van der Waals surface area (Å²) in [6, 6.07) is 10.8. The summed E-state index contributed by atoms with van der Waals surface area (Å²) in [5, 5.41) is 9.98. The fourth-order valence-corrected chi connectivity index (χ4v) is 1.49. The second-order valence-corrected chi connectivity index (χ2v) is 3.85. The Labute approximate surface area is 103 Å². The fourth-order valence-electron chi connectivity index (χ4n) is 1.32. The Bertz CT molecular complexity index is 569. The number of halogens is 2. The van der Waals surface area contributed by atoms with Crippen molar-refractivity contribution in [1.29, 1.82) is 0 Å². The number of hydrogen-bond acceptors (Lipinski definition) is 2. The van der Waals surface area contributed by atoms with Crippen LogP contribution >= 0.6 is 11.6 Å². The Hall–Kier alpha value is -1.87. The van der Waals surface area contributed by atoms with E-state index in [0.717, 1.165) is 0 Å². The summed E-state index contributed by atoms with van der Waals surface area (Å²) < 4.78 is 13.3. The predicted octanol–water partition coefficient (Wildman–Crippen LogP) is 3.94.